The van der Waals surface area contributed by atoms with Gasteiger partial charge in [0.25, 0.3) is 0 Å². The van der Waals surface area contributed by atoms with Crippen molar-refractivity contribution in [2.45, 2.75) is 64.8 Å². The van der Waals surface area contributed by atoms with Crippen molar-refractivity contribution in [1.29, 1.82) is 0 Å². The van der Waals surface area contributed by atoms with Gasteiger partial charge in [0.2, 0.25) is 17.7 Å². The molecule has 0 bridgehead atoms. The first kappa shape index (κ1) is 33.1. The van der Waals surface area contributed by atoms with E-state index in [9.17, 15) is 45.9 Å². The molecule has 1 saturated carbocycles. The molecule has 3 aliphatic rings. The van der Waals surface area contributed by atoms with Gasteiger partial charge in [-0.05, 0) is 48.1 Å². The molecular formula is C29H35F5N4O6. The van der Waals surface area contributed by atoms with Crippen molar-refractivity contribution >= 4 is 29.4 Å². The number of hydrogen-bond donors (Lipinski definition) is 3. The highest BCUT2D eigenvalue weighted by molar-refractivity contribution is 5.97. The van der Waals surface area contributed by atoms with Crippen LogP contribution in [0.2, 0.25) is 0 Å². The molecule has 0 aromatic heterocycles. The van der Waals surface area contributed by atoms with Crippen molar-refractivity contribution < 1.29 is 50.7 Å². The van der Waals surface area contributed by atoms with Crippen LogP contribution in [0.3, 0.4) is 0 Å². The van der Waals surface area contributed by atoms with Crippen molar-refractivity contribution in [2.75, 3.05) is 19.7 Å². The number of nitrogens with zero attached hydrogens (tertiary/aromatic N) is 1. The van der Waals surface area contributed by atoms with Crippen molar-refractivity contribution in [3.8, 4) is 5.75 Å². The monoisotopic (exact) mass is 630 g/mol. The summed E-state index contributed by atoms with van der Waals surface area (Å²) in [5.41, 5.74) is -0.393. The number of benzene rings is 1. The smallest absolute Gasteiger partial charge is 0.471 e. The molecular weight excluding hydrogens is 595 g/mol. The summed E-state index contributed by atoms with van der Waals surface area (Å²) >= 11 is 0. The predicted octanol–water partition coefficient (Wildman–Crippen LogP) is 2.11. The summed E-state index contributed by atoms with van der Waals surface area (Å²) in [6, 6.07) is -1.54. The van der Waals surface area contributed by atoms with E-state index in [-0.39, 0.29) is 30.7 Å². The van der Waals surface area contributed by atoms with Crippen LogP contribution in [0, 0.1) is 40.7 Å². The minimum atomic E-state index is -5.22. The molecule has 242 valence electrons. The second-order valence-corrected chi connectivity index (χ2v) is 12.5. The van der Waals surface area contributed by atoms with Gasteiger partial charge < -0.3 is 25.6 Å². The number of Topliss-reactive ketones (excluding diaryl/α,β-unsaturated/α-hetero) is 1. The van der Waals surface area contributed by atoms with Gasteiger partial charge in [-0.2, -0.15) is 13.2 Å². The highest BCUT2D eigenvalue weighted by atomic mass is 19.4. The minimum absolute atomic E-state index is 0.0519. The maximum Gasteiger partial charge on any atom is 0.471 e. The first-order valence-corrected chi connectivity index (χ1v) is 14.3. The first-order valence-electron chi connectivity index (χ1n) is 14.3. The van der Waals surface area contributed by atoms with Crippen LogP contribution in [-0.2, 0) is 24.0 Å². The average Bonchev–Trinajstić information content (AvgIpc) is 3.26. The third-order valence-electron chi connectivity index (χ3n) is 8.89. The molecule has 3 N–H and O–H groups in total. The Balaban J connectivity index is 1.55. The molecule has 1 aromatic carbocycles. The number of piperidine rings is 1. The molecule has 3 fully saturated rings. The van der Waals surface area contributed by atoms with Crippen LogP contribution in [0.1, 0.15) is 40.5 Å². The van der Waals surface area contributed by atoms with Crippen LogP contribution in [0.4, 0.5) is 22.0 Å². The fourth-order valence-electron chi connectivity index (χ4n) is 6.25. The summed E-state index contributed by atoms with van der Waals surface area (Å²) in [6.07, 6.45) is -4.97. The maximum absolute atomic E-state index is 14.1. The Kier molecular flexibility index (Phi) is 9.27. The van der Waals surface area contributed by atoms with Gasteiger partial charge in [-0.15, -0.1) is 0 Å². The van der Waals surface area contributed by atoms with Crippen LogP contribution < -0.4 is 20.7 Å². The standard InChI is InChI=1S/C29H35F5N4O6/c1-13(2)22(37-27(43)29(32,33)34)26(42)38-11-16-21(28(16,3)4)23(38)25(41)36-18(9-14-7-8-35-24(14)40)19(39)12-44-20-6-5-15(30)10-17(20)31/h5-6,10,13-14,16,18,21-23H,7-9,11-12H2,1-4H3,(H,35,40)(H,36,41)(H,37,43)/t14-,16-,18?,21-,22-,23-/m0/s1. The van der Waals surface area contributed by atoms with E-state index in [1.807, 2.05) is 13.8 Å². The van der Waals surface area contributed by atoms with Crippen molar-refractivity contribution in [3.63, 3.8) is 0 Å². The van der Waals surface area contributed by atoms with Crippen molar-refractivity contribution in [1.82, 2.24) is 20.9 Å². The number of likely N-dealkylation sites (tertiary alicyclic amines) is 1. The predicted molar refractivity (Wildman–Crippen MR) is 144 cm³/mol. The molecule has 2 saturated heterocycles. The molecule has 15 heteroatoms. The second-order valence-electron chi connectivity index (χ2n) is 12.5. The molecule has 2 heterocycles. The number of carbonyl (C=O) groups is 5. The van der Waals surface area contributed by atoms with Gasteiger partial charge in [0.05, 0.1) is 6.04 Å². The van der Waals surface area contributed by atoms with E-state index in [2.05, 4.69) is 10.6 Å². The number of fused-ring (bicyclic) bond motifs is 1. The van der Waals surface area contributed by atoms with Crippen molar-refractivity contribution in [2.24, 2.45) is 29.1 Å². The topological polar surface area (TPSA) is 134 Å². The zero-order chi connectivity index (χ0) is 32.7. The van der Waals surface area contributed by atoms with Gasteiger partial charge in [-0.3, -0.25) is 24.0 Å². The van der Waals surface area contributed by atoms with Gasteiger partial charge >= 0.3 is 12.1 Å². The molecule has 4 rings (SSSR count). The Labute approximate surface area is 250 Å². The number of nitrogens with one attached hydrogen (secondary N) is 3. The van der Waals surface area contributed by atoms with E-state index in [0.29, 0.717) is 19.0 Å². The molecule has 0 spiro atoms. The molecule has 1 aromatic rings. The number of carbonyl (C=O) groups excluding carboxylic acids is 5. The number of rotatable bonds is 11. The highest BCUT2D eigenvalue weighted by Crippen LogP contribution is 2.65. The lowest BCUT2D eigenvalue weighted by Crippen LogP contribution is -2.59. The highest BCUT2D eigenvalue weighted by Gasteiger charge is 2.69. The molecule has 10 nitrogen and oxygen atoms in total. The summed E-state index contributed by atoms with van der Waals surface area (Å²) in [7, 11) is 0. The fraction of sp³-hybridized carbons (Fsp3) is 0.621. The number of hydrogen-bond acceptors (Lipinski definition) is 6. The largest absolute Gasteiger partial charge is 0.483 e. The van der Waals surface area contributed by atoms with E-state index >= 15 is 0 Å². The Hall–Kier alpha value is -3.78. The third-order valence-corrected chi connectivity index (χ3v) is 8.89. The molecule has 1 aliphatic carbocycles. The Morgan fingerprint density at radius 2 is 1.82 bits per heavy atom. The number of amides is 4. The molecule has 6 atom stereocenters. The third kappa shape index (κ3) is 6.80. The first-order chi connectivity index (χ1) is 20.4. The van der Waals surface area contributed by atoms with E-state index in [1.54, 1.807) is 5.32 Å². The van der Waals surface area contributed by atoms with E-state index in [1.165, 1.54) is 13.8 Å². The Bertz CT molecular complexity index is 1340. The van der Waals surface area contributed by atoms with Gasteiger partial charge in [0, 0.05) is 25.1 Å². The average molecular weight is 631 g/mol. The molecule has 4 amide bonds. The molecule has 2 aliphatic heterocycles. The zero-order valence-electron chi connectivity index (χ0n) is 24.6. The number of ketones is 1. The van der Waals surface area contributed by atoms with Gasteiger partial charge in [-0.25, -0.2) is 8.78 Å². The maximum atomic E-state index is 14.1. The van der Waals surface area contributed by atoms with Gasteiger partial charge in [-0.1, -0.05) is 27.7 Å². The van der Waals surface area contributed by atoms with E-state index in [0.717, 1.165) is 17.0 Å². The number of alkyl halides is 3. The van der Waals surface area contributed by atoms with Crippen LogP contribution in [0.5, 0.6) is 5.75 Å². The normalized spacial score (nSPS) is 25.1. The van der Waals surface area contributed by atoms with E-state index < -0.39 is 89.0 Å². The lowest BCUT2D eigenvalue weighted by molar-refractivity contribution is -0.175. The van der Waals surface area contributed by atoms with Gasteiger partial charge in [0.15, 0.2) is 17.3 Å². The number of halogens is 5. The summed E-state index contributed by atoms with van der Waals surface area (Å²) in [6.45, 7) is 6.36. The second kappa shape index (κ2) is 12.3. The van der Waals surface area contributed by atoms with Crippen LogP contribution in [-0.4, -0.2) is 78.3 Å². The lowest BCUT2D eigenvalue weighted by Gasteiger charge is -2.35. The van der Waals surface area contributed by atoms with Crippen molar-refractivity contribution in [3.05, 3.63) is 29.8 Å². The van der Waals surface area contributed by atoms with Gasteiger partial charge in [0.1, 0.15) is 24.5 Å². The van der Waals surface area contributed by atoms with E-state index in [4.69, 9.17) is 4.74 Å². The fourth-order valence-corrected chi connectivity index (χ4v) is 6.25. The van der Waals surface area contributed by atoms with Crippen LogP contribution >= 0.6 is 0 Å². The lowest BCUT2D eigenvalue weighted by atomic mass is 9.94. The Morgan fingerprint density at radius 1 is 1.14 bits per heavy atom. The summed E-state index contributed by atoms with van der Waals surface area (Å²) < 4.78 is 71.6. The van der Waals surface area contributed by atoms with Crippen LogP contribution in [0.25, 0.3) is 0 Å². The number of ether oxygens (including phenoxy) is 1. The summed E-state index contributed by atoms with van der Waals surface area (Å²) in [5, 5.41) is 7.00. The SMILES string of the molecule is CC(C)[C@H](NC(=O)C(F)(F)F)C(=O)N1C[C@H]2[C@@H]([C@H]1C(=O)NC(C[C@@H]1CCNC1=O)C(=O)COc1ccc(F)cc1F)C2(C)C. The Morgan fingerprint density at radius 3 is 2.39 bits per heavy atom. The molecule has 0 radical (unpaired) electrons. The molecule has 1 unspecified atom stereocenters. The quantitative estimate of drug-likeness (QED) is 0.321. The summed E-state index contributed by atoms with van der Waals surface area (Å²) in [4.78, 5) is 65.8. The van der Waals surface area contributed by atoms with Crippen LogP contribution in [0.15, 0.2) is 18.2 Å². The molecule has 44 heavy (non-hydrogen) atoms. The zero-order valence-corrected chi connectivity index (χ0v) is 24.6. The minimum Gasteiger partial charge on any atom is -0.483 e. The summed E-state index contributed by atoms with van der Waals surface area (Å²) in [5.74, 6) is -9.19.